The number of fused-ring (bicyclic) bond motifs is 1. The zero-order valence-electron chi connectivity index (χ0n) is 10.9. The minimum Gasteiger partial charge on any atom is -0.322 e. The predicted molar refractivity (Wildman–Crippen MR) is 69.1 cm³/mol. The Morgan fingerprint density at radius 1 is 1.29 bits per heavy atom. The van der Waals surface area contributed by atoms with E-state index in [1.165, 1.54) is 23.1 Å². The van der Waals surface area contributed by atoms with Crippen molar-refractivity contribution in [3.8, 4) is 0 Å². The summed E-state index contributed by atoms with van der Waals surface area (Å²) in [5.74, 6) is -1.32. The van der Waals surface area contributed by atoms with E-state index >= 15 is 0 Å². The number of hydrogen-bond acceptors (Lipinski definition) is 5. The molecule has 21 heavy (non-hydrogen) atoms. The Labute approximate surface area is 118 Å². The van der Waals surface area contributed by atoms with Crippen LogP contribution >= 0.6 is 0 Å². The molecule has 1 saturated heterocycles. The number of carbonyl (C=O) groups is 3. The molecule has 0 aromatic heterocycles. The van der Waals surface area contributed by atoms with Gasteiger partial charge in [-0.05, 0) is 12.5 Å². The van der Waals surface area contributed by atoms with Gasteiger partial charge in [0.05, 0.1) is 22.6 Å². The second-order valence-corrected chi connectivity index (χ2v) is 4.96. The van der Waals surface area contributed by atoms with E-state index in [0.29, 0.717) is 5.56 Å². The second-order valence-electron chi connectivity index (χ2n) is 4.96. The molecule has 3 amide bonds. The molecule has 0 saturated carbocycles. The van der Waals surface area contributed by atoms with Crippen molar-refractivity contribution < 1.29 is 19.3 Å². The molecule has 1 aromatic rings. The summed E-state index contributed by atoms with van der Waals surface area (Å²) in [4.78, 5) is 47.1. The summed E-state index contributed by atoms with van der Waals surface area (Å²) in [5.41, 5.74) is 0.432. The average molecular weight is 289 g/mol. The summed E-state index contributed by atoms with van der Waals surface area (Å²) in [7, 11) is 0. The number of nitrogens with zero attached hydrogens (tertiary/aromatic N) is 2. The van der Waals surface area contributed by atoms with E-state index in [9.17, 15) is 24.5 Å². The maximum atomic E-state index is 12.3. The molecule has 108 valence electrons. The largest absolute Gasteiger partial charge is 0.322 e. The van der Waals surface area contributed by atoms with Gasteiger partial charge in [-0.1, -0.05) is 6.07 Å². The molecular weight excluding hydrogens is 278 g/mol. The Hall–Kier alpha value is -2.77. The Morgan fingerprint density at radius 2 is 2.05 bits per heavy atom. The number of carbonyl (C=O) groups excluding carboxylic acids is 3. The molecule has 0 bridgehead atoms. The van der Waals surface area contributed by atoms with E-state index in [0.717, 1.165) is 0 Å². The third kappa shape index (κ3) is 2.04. The lowest BCUT2D eigenvalue weighted by Gasteiger charge is -2.29. The molecule has 2 aliphatic rings. The number of nitro benzene ring substituents is 1. The zero-order valence-corrected chi connectivity index (χ0v) is 10.9. The van der Waals surface area contributed by atoms with Crippen molar-refractivity contribution in [2.75, 3.05) is 0 Å². The molecule has 1 aromatic carbocycles. The van der Waals surface area contributed by atoms with Crippen LogP contribution in [0.15, 0.2) is 18.2 Å². The number of piperidine rings is 1. The first kappa shape index (κ1) is 13.2. The fraction of sp³-hybridized carbons (Fsp3) is 0.308. The van der Waals surface area contributed by atoms with E-state index in [2.05, 4.69) is 5.32 Å². The van der Waals surface area contributed by atoms with Gasteiger partial charge in [-0.3, -0.25) is 29.8 Å². The molecule has 0 radical (unpaired) electrons. The number of imide groups is 1. The smallest absolute Gasteiger partial charge is 0.275 e. The standard InChI is InChI=1S/C13H11N3O5/c17-11-5-4-10(12(18)14-11)15-6-8-7(13(15)19)2-1-3-9(8)16(20)21/h1-3,10H,4-6H2,(H,14,17,18)/t10-/m0/s1. The van der Waals surface area contributed by atoms with Crippen molar-refractivity contribution >= 4 is 23.4 Å². The van der Waals surface area contributed by atoms with Gasteiger partial charge in [0.15, 0.2) is 0 Å². The molecule has 3 rings (SSSR count). The van der Waals surface area contributed by atoms with Crippen LogP contribution in [-0.2, 0) is 16.1 Å². The normalized spacial score (nSPS) is 21.2. The third-order valence-corrected chi connectivity index (χ3v) is 3.75. The fourth-order valence-electron chi connectivity index (χ4n) is 2.74. The van der Waals surface area contributed by atoms with Gasteiger partial charge in [0.2, 0.25) is 11.8 Å². The summed E-state index contributed by atoms with van der Waals surface area (Å²) < 4.78 is 0. The van der Waals surface area contributed by atoms with Crippen LogP contribution in [0.4, 0.5) is 5.69 Å². The van der Waals surface area contributed by atoms with Gasteiger partial charge in [-0.25, -0.2) is 0 Å². The molecule has 0 spiro atoms. The Morgan fingerprint density at radius 3 is 2.71 bits per heavy atom. The average Bonchev–Trinajstić information content (AvgIpc) is 2.76. The minimum absolute atomic E-state index is 0.0115. The molecule has 0 aliphatic carbocycles. The van der Waals surface area contributed by atoms with Crippen molar-refractivity contribution in [2.24, 2.45) is 0 Å². The van der Waals surface area contributed by atoms with Crippen LogP contribution in [0.25, 0.3) is 0 Å². The lowest BCUT2D eigenvalue weighted by atomic mass is 10.0. The predicted octanol–water partition coefficient (Wildman–Crippen LogP) is 0.356. The summed E-state index contributed by atoms with van der Waals surface area (Å²) in [6, 6.07) is 3.53. The summed E-state index contributed by atoms with van der Waals surface area (Å²) >= 11 is 0. The zero-order chi connectivity index (χ0) is 15.1. The third-order valence-electron chi connectivity index (χ3n) is 3.75. The van der Waals surface area contributed by atoms with Crippen LogP contribution in [0.1, 0.15) is 28.8 Å². The first-order valence-corrected chi connectivity index (χ1v) is 6.40. The van der Waals surface area contributed by atoms with Gasteiger partial charge in [-0.2, -0.15) is 0 Å². The highest BCUT2D eigenvalue weighted by Crippen LogP contribution is 2.33. The van der Waals surface area contributed by atoms with Crippen LogP contribution in [0.5, 0.6) is 0 Å². The monoisotopic (exact) mass is 289 g/mol. The molecule has 2 heterocycles. The topological polar surface area (TPSA) is 110 Å². The van der Waals surface area contributed by atoms with E-state index in [1.54, 1.807) is 0 Å². The van der Waals surface area contributed by atoms with E-state index < -0.39 is 22.8 Å². The van der Waals surface area contributed by atoms with E-state index in [4.69, 9.17) is 0 Å². The molecule has 8 nitrogen and oxygen atoms in total. The molecule has 0 unspecified atom stereocenters. The maximum Gasteiger partial charge on any atom is 0.275 e. The second kappa shape index (κ2) is 4.65. The highest BCUT2D eigenvalue weighted by atomic mass is 16.6. The van der Waals surface area contributed by atoms with Crippen molar-refractivity contribution in [3.05, 3.63) is 39.4 Å². The summed E-state index contributed by atoms with van der Waals surface area (Å²) in [6.45, 7) is 0.0115. The molecular formula is C13H11N3O5. The van der Waals surface area contributed by atoms with Gasteiger partial charge in [0, 0.05) is 12.5 Å². The first-order chi connectivity index (χ1) is 9.99. The summed E-state index contributed by atoms with van der Waals surface area (Å²) in [6.07, 6.45) is 0.386. The van der Waals surface area contributed by atoms with E-state index in [-0.39, 0.29) is 36.5 Å². The van der Waals surface area contributed by atoms with Gasteiger partial charge < -0.3 is 4.90 Å². The molecule has 1 N–H and O–H groups in total. The number of nitro groups is 1. The molecule has 2 aliphatic heterocycles. The highest BCUT2D eigenvalue weighted by Gasteiger charge is 2.41. The van der Waals surface area contributed by atoms with Gasteiger partial charge in [-0.15, -0.1) is 0 Å². The number of nitrogens with one attached hydrogen (secondary N) is 1. The van der Waals surface area contributed by atoms with Gasteiger partial charge >= 0.3 is 0 Å². The maximum absolute atomic E-state index is 12.3. The highest BCUT2D eigenvalue weighted by molar-refractivity contribution is 6.05. The van der Waals surface area contributed by atoms with Crippen LogP contribution in [-0.4, -0.2) is 33.6 Å². The quantitative estimate of drug-likeness (QED) is 0.480. The van der Waals surface area contributed by atoms with Crippen molar-refractivity contribution in [3.63, 3.8) is 0 Å². The first-order valence-electron chi connectivity index (χ1n) is 6.40. The van der Waals surface area contributed by atoms with Crippen molar-refractivity contribution in [1.82, 2.24) is 10.2 Å². The Kier molecular flexibility index (Phi) is 2.93. The van der Waals surface area contributed by atoms with E-state index in [1.807, 2.05) is 0 Å². The number of amides is 3. The Bertz CT molecular complexity index is 684. The van der Waals surface area contributed by atoms with Crippen LogP contribution in [0, 0.1) is 10.1 Å². The lowest BCUT2D eigenvalue weighted by Crippen LogP contribution is -2.52. The summed E-state index contributed by atoms with van der Waals surface area (Å²) in [5, 5.41) is 13.2. The number of rotatable bonds is 2. The van der Waals surface area contributed by atoms with Gasteiger partial charge in [0.25, 0.3) is 11.6 Å². The Balaban J connectivity index is 1.94. The molecule has 1 fully saturated rings. The van der Waals surface area contributed by atoms with Crippen molar-refractivity contribution in [1.29, 1.82) is 0 Å². The molecule has 1 atom stereocenters. The molecule has 8 heteroatoms. The fourth-order valence-corrected chi connectivity index (χ4v) is 2.74. The van der Waals surface area contributed by atoms with Crippen molar-refractivity contribution in [2.45, 2.75) is 25.4 Å². The van der Waals surface area contributed by atoms with Gasteiger partial charge in [0.1, 0.15) is 6.04 Å². The van der Waals surface area contributed by atoms with Crippen LogP contribution in [0.2, 0.25) is 0 Å². The van der Waals surface area contributed by atoms with Crippen LogP contribution < -0.4 is 5.32 Å². The number of hydrogen-bond donors (Lipinski definition) is 1. The van der Waals surface area contributed by atoms with Crippen LogP contribution in [0.3, 0.4) is 0 Å². The SMILES string of the molecule is O=C1CC[C@H](N2Cc3c(cccc3[N+](=O)[O-])C2=O)C(=O)N1. The minimum atomic E-state index is -0.762. The number of benzene rings is 1. The lowest BCUT2D eigenvalue weighted by molar-refractivity contribution is -0.385.